The Morgan fingerprint density at radius 3 is 2.24 bits per heavy atom. The Labute approximate surface area is 172 Å². The number of nitrogens with zero attached hydrogens (tertiary/aromatic N) is 2. The number of carbonyl (C=O) groups excluding carboxylic acids is 1. The summed E-state index contributed by atoms with van der Waals surface area (Å²) < 4.78 is 5.49. The molecule has 0 spiro atoms. The zero-order valence-corrected chi connectivity index (χ0v) is 17.1. The van der Waals surface area contributed by atoms with Crippen molar-refractivity contribution in [3.63, 3.8) is 0 Å². The van der Waals surface area contributed by atoms with Crippen molar-refractivity contribution in [3.05, 3.63) is 95.9 Å². The maximum Gasteiger partial charge on any atom is 0.234 e. The summed E-state index contributed by atoms with van der Waals surface area (Å²) in [6.07, 6.45) is 1.66. The van der Waals surface area contributed by atoms with E-state index in [-0.39, 0.29) is 11.9 Å². The highest BCUT2D eigenvalue weighted by Crippen LogP contribution is 2.17. The molecular weight excluding hydrogens is 362 g/mol. The van der Waals surface area contributed by atoms with E-state index >= 15 is 0 Å². The first-order valence-electron chi connectivity index (χ1n) is 9.88. The minimum atomic E-state index is 0.00951. The van der Waals surface area contributed by atoms with Crippen LogP contribution < -0.4 is 5.32 Å². The Bertz CT molecular complexity index is 848. The Morgan fingerprint density at radius 2 is 1.62 bits per heavy atom. The predicted octanol–water partition coefficient (Wildman–Crippen LogP) is 3.70. The molecule has 2 aromatic carbocycles. The molecule has 1 aromatic heterocycles. The van der Waals surface area contributed by atoms with Crippen LogP contribution in [0, 0.1) is 0 Å². The molecule has 1 unspecified atom stereocenters. The van der Waals surface area contributed by atoms with Crippen LogP contribution in [0.2, 0.25) is 0 Å². The molecule has 0 aliphatic carbocycles. The van der Waals surface area contributed by atoms with Gasteiger partial charge in [-0.15, -0.1) is 0 Å². The monoisotopic (exact) mass is 391 g/mol. The van der Waals surface area contributed by atoms with Crippen LogP contribution in [0.4, 0.5) is 0 Å². The summed E-state index contributed by atoms with van der Waals surface area (Å²) in [6.45, 7) is 2.15. The average molecular weight is 392 g/mol. The van der Waals surface area contributed by atoms with Gasteiger partial charge in [-0.2, -0.15) is 0 Å². The molecule has 0 saturated heterocycles. The third-order valence-corrected chi connectivity index (χ3v) is 4.88. The fourth-order valence-electron chi connectivity index (χ4n) is 3.38. The highest BCUT2D eigenvalue weighted by atomic mass is 16.3. The van der Waals surface area contributed by atoms with Crippen LogP contribution >= 0.6 is 0 Å². The molecule has 0 radical (unpaired) electrons. The number of nitrogens with one attached hydrogen (secondary N) is 1. The molecule has 0 aliphatic rings. The summed E-state index contributed by atoms with van der Waals surface area (Å²) in [5.41, 5.74) is 2.36. The largest absolute Gasteiger partial charge is 0.468 e. The Kier molecular flexibility index (Phi) is 7.61. The summed E-state index contributed by atoms with van der Waals surface area (Å²) in [7, 11) is 4.06. The van der Waals surface area contributed by atoms with Crippen molar-refractivity contribution in [2.24, 2.45) is 0 Å². The number of benzene rings is 2. The van der Waals surface area contributed by atoms with Crippen molar-refractivity contribution in [1.82, 2.24) is 15.1 Å². The second kappa shape index (κ2) is 10.6. The quantitative estimate of drug-likeness (QED) is 0.573. The average Bonchev–Trinajstić information content (AvgIpc) is 3.22. The van der Waals surface area contributed by atoms with Crippen LogP contribution in [0.15, 0.2) is 83.5 Å². The van der Waals surface area contributed by atoms with Gasteiger partial charge in [0.25, 0.3) is 0 Å². The lowest BCUT2D eigenvalue weighted by atomic mass is 10.1. The number of rotatable bonds is 10. The van der Waals surface area contributed by atoms with E-state index in [9.17, 15) is 4.79 Å². The summed E-state index contributed by atoms with van der Waals surface area (Å²) >= 11 is 0. The van der Waals surface area contributed by atoms with Gasteiger partial charge in [-0.1, -0.05) is 60.7 Å². The van der Waals surface area contributed by atoms with Crippen molar-refractivity contribution < 1.29 is 9.21 Å². The molecule has 3 rings (SSSR count). The fourth-order valence-corrected chi connectivity index (χ4v) is 3.38. The van der Waals surface area contributed by atoms with Crippen molar-refractivity contribution in [1.29, 1.82) is 0 Å². The smallest absolute Gasteiger partial charge is 0.234 e. The molecule has 1 amide bonds. The summed E-state index contributed by atoms with van der Waals surface area (Å²) in [6, 6.07) is 24.4. The van der Waals surface area contributed by atoms with Crippen molar-refractivity contribution in [2.75, 3.05) is 27.2 Å². The fraction of sp³-hybridized carbons (Fsp3) is 0.292. The Hall–Kier alpha value is -2.89. The lowest BCUT2D eigenvalue weighted by Crippen LogP contribution is -2.40. The molecule has 0 bridgehead atoms. The maximum atomic E-state index is 12.7. The van der Waals surface area contributed by atoms with Crippen LogP contribution in [0.5, 0.6) is 0 Å². The highest BCUT2D eigenvalue weighted by Gasteiger charge is 2.17. The minimum Gasteiger partial charge on any atom is -0.468 e. The number of furan rings is 1. The van der Waals surface area contributed by atoms with Gasteiger partial charge in [0.05, 0.1) is 25.4 Å². The van der Waals surface area contributed by atoms with E-state index in [0.29, 0.717) is 26.2 Å². The molecule has 3 aromatic rings. The van der Waals surface area contributed by atoms with Gasteiger partial charge in [-0.3, -0.25) is 9.69 Å². The van der Waals surface area contributed by atoms with Gasteiger partial charge in [-0.05, 0) is 37.4 Å². The third kappa shape index (κ3) is 6.59. The number of carbonyl (C=O) groups is 1. The number of hydrogen-bond donors (Lipinski definition) is 1. The number of hydrogen-bond acceptors (Lipinski definition) is 4. The second-order valence-corrected chi connectivity index (χ2v) is 7.40. The van der Waals surface area contributed by atoms with Gasteiger partial charge in [0.1, 0.15) is 5.76 Å². The van der Waals surface area contributed by atoms with Gasteiger partial charge < -0.3 is 14.6 Å². The van der Waals surface area contributed by atoms with Crippen LogP contribution in [-0.2, 0) is 17.9 Å². The highest BCUT2D eigenvalue weighted by molar-refractivity contribution is 5.78. The lowest BCUT2D eigenvalue weighted by Gasteiger charge is -2.26. The molecule has 1 atom stereocenters. The van der Waals surface area contributed by atoms with Gasteiger partial charge in [-0.25, -0.2) is 0 Å². The summed E-state index contributed by atoms with van der Waals surface area (Å²) in [4.78, 5) is 16.9. The van der Waals surface area contributed by atoms with Crippen molar-refractivity contribution >= 4 is 5.91 Å². The van der Waals surface area contributed by atoms with Crippen LogP contribution in [0.25, 0.3) is 0 Å². The standard InChI is InChI=1S/C24H29N3O2/c1-26(2)23(21-12-7-4-8-13-21)16-25-24(28)19-27(18-22-14-9-15-29-22)17-20-10-5-3-6-11-20/h3-15,23H,16-19H2,1-2H3,(H,25,28). The topological polar surface area (TPSA) is 48.7 Å². The Morgan fingerprint density at radius 1 is 0.931 bits per heavy atom. The summed E-state index contributed by atoms with van der Waals surface area (Å²) in [5, 5.41) is 3.11. The molecule has 29 heavy (non-hydrogen) atoms. The molecular formula is C24H29N3O2. The first kappa shape index (κ1) is 20.8. The summed E-state index contributed by atoms with van der Waals surface area (Å²) in [5.74, 6) is 0.861. The van der Waals surface area contributed by atoms with E-state index in [1.165, 1.54) is 11.1 Å². The molecule has 0 aliphatic heterocycles. The normalized spacial score (nSPS) is 12.3. The zero-order valence-electron chi connectivity index (χ0n) is 17.1. The zero-order chi connectivity index (χ0) is 20.5. The van der Waals surface area contributed by atoms with E-state index in [4.69, 9.17) is 4.42 Å². The van der Waals surface area contributed by atoms with Gasteiger partial charge in [0.15, 0.2) is 0 Å². The van der Waals surface area contributed by atoms with Crippen LogP contribution in [0.3, 0.4) is 0 Å². The van der Waals surface area contributed by atoms with Gasteiger partial charge in [0.2, 0.25) is 5.91 Å². The van der Waals surface area contributed by atoms with E-state index in [2.05, 4.69) is 39.4 Å². The van der Waals surface area contributed by atoms with Crippen LogP contribution in [0.1, 0.15) is 22.9 Å². The predicted molar refractivity (Wildman–Crippen MR) is 115 cm³/mol. The van der Waals surface area contributed by atoms with E-state index in [0.717, 1.165) is 5.76 Å². The molecule has 0 fully saturated rings. The first-order valence-corrected chi connectivity index (χ1v) is 9.88. The molecule has 5 nitrogen and oxygen atoms in total. The SMILES string of the molecule is CN(C)C(CNC(=O)CN(Cc1ccccc1)Cc1ccco1)c1ccccc1. The molecule has 1 N–H and O–H groups in total. The van der Waals surface area contributed by atoms with E-state index < -0.39 is 0 Å². The molecule has 1 heterocycles. The maximum absolute atomic E-state index is 12.7. The number of amides is 1. The third-order valence-electron chi connectivity index (χ3n) is 4.88. The van der Waals surface area contributed by atoms with Gasteiger partial charge in [0, 0.05) is 13.1 Å². The number of likely N-dealkylation sites (N-methyl/N-ethyl adjacent to an activating group) is 1. The lowest BCUT2D eigenvalue weighted by molar-refractivity contribution is -0.122. The second-order valence-electron chi connectivity index (χ2n) is 7.40. The molecule has 0 saturated carbocycles. The van der Waals surface area contributed by atoms with Crippen LogP contribution in [-0.4, -0.2) is 42.9 Å². The minimum absolute atomic E-state index is 0.00951. The van der Waals surface area contributed by atoms with E-state index in [1.54, 1.807) is 6.26 Å². The van der Waals surface area contributed by atoms with Crippen molar-refractivity contribution in [2.45, 2.75) is 19.1 Å². The van der Waals surface area contributed by atoms with E-state index in [1.807, 2.05) is 62.6 Å². The first-order chi connectivity index (χ1) is 14.1. The molecule has 5 heteroatoms. The molecule has 152 valence electrons. The van der Waals surface area contributed by atoms with Gasteiger partial charge >= 0.3 is 0 Å². The van der Waals surface area contributed by atoms with Crippen molar-refractivity contribution in [3.8, 4) is 0 Å². The Balaban J connectivity index is 1.61.